The molecule has 214 valence electrons. The number of aliphatic carboxylic acids is 1. The fourth-order valence-corrected chi connectivity index (χ4v) is 3.40. The molecule has 0 bridgehead atoms. The van der Waals surface area contributed by atoms with E-state index in [1.54, 1.807) is 24.3 Å². The molecule has 0 heterocycles. The number of carboxylic acids is 1. The smallest absolute Gasteiger partial charge is 0.408 e. The standard InChI is InChI=1S/C23H38N6O9/c30-20(28-19(22(32)33)11-6-14-26-37)17(9-4-12-24-35)27-21(31)18(10-5-13-25-36)29-23(34)38-15-16-7-2-1-3-8-16/h1-3,7-8,17-19,24-26,35-37H,4-6,9-15H2,(H,27,31)(H,28,30)(H,29,34)(H,32,33)/t17-,18-,19-/m0/s1. The molecule has 15 heteroatoms. The van der Waals surface area contributed by atoms with Crippen LogP contribution < -0.4 is 32.4 Å². The van der Waals surface area contributed by atoms with Crippen LogP contribution in [-0.2, 0) is 25.7 Å². The Kier molecular flexibility index (Phi) is 17.0. The van der Waals surface area contributed by atoms with Gasteiger partial charge in [-0.2, -0.15) is 0 Å². The van der Waals surface area contributed by atoms with E-state index in [1.807, 2.05) is 22.5 Å². The second-order valence-electron chi connectivity index (χ2n) is 8.37. The number of ether oxygens (including phenoxy) is 1. The molecule has 3 atom stereocenters. The van der Waals surface area contributed by atoms with Crippen LogP contribution in [0.4, 0.5) is 4.79 Å². The van der Waals surface area contributed by atoms with Crippen molar-refractivity contribution >= 4 is 23.9 Å². The van der Waals surface area contributed by atoms with Crippen LogP contribution in [0.1, 0.15) is 44.1 Å². The summed E-state index contributed by atoms with van der Waals surface area (Å²) in [5, 5.41) is 43.2. The van der Waals surface area contributed by atoms with Gasteiger partial charge in [-0.25, -0.2) is 26.0 Å². The Morgan fingerprint density at radius 3 is 1.61 bits per heavy atom. The zero-order valence-electron chi connectivity index (χ0n) is 21.0. The summed E-state index contributed by atoms with van der Waals surface area (Å²) in [6.45, 7) is 0.346. The number of carbonyl (C=O) groups excluding carboxylic acids is 3. The van der Waals surface area contributed by atoms with E-state index >= 15 is 0 Å². The molecule has 0 saturated carbocycles. The second kappa shape index (κ2) is 19.7. The summed E-state index contributed by atoms with van der Waals surface area (Å²) >= 11 is 0. The number of hydrogen-bond donors (Lipinski definition) is 10. The number of carbonyl (C=O) groups is 4. The highest BCUT2D eigenvalue weighted by Crippen LogP contribution is 2.06. The second-order valence-corrected chi connectivity index (χ2v) is 8.37. The number of hydroxylamine groups is 3. The summed E-state index contributed by atoms with van der Waals surface area (Å²) in [7, 11) is 0. The van der Waals surface area contributed by atoms with Gasteiger partial charge in [0.05, 0.1) is 0 Å². The first-order valence-corrected chi connectivity index (χ1v) is 12.2. The van der Waals surface area contributed by atoms with Crippen LogP contribution in [0, 0.1) is 0 Å². The Hall–Kier alpha value is -3.34. The number of carboxylic acid groups (broad SMARTS) is 1. The molecule has 1 aromatic carbocycles. The third kappa shape index (κ3) is 13.8. The third-order valence-electron chi connectivity index (χ3n) is 5.41. The molecule has 1 aromatic rings. The number of nitrogens with one attached hydrogen (secondary N) is 6. The maximum absolute atomic E-state index is 13.1. The van der Waals surface area contributed by atoms with E-state index in [0.717, 1.165) is 5.56 Å². The molecule has 0 aliphatic heterocycles. The summed E-state index contributed by atoms with van der Waals surface area (Å²) in [5.74, 6) is -2.76. The van der Waals surface area contributed by atoms with Crippen molar-refractivity contribution in [2.75, 3.05) is 19.6 Å². The molecule has 0 spiro atoms. The lowest BCUT2D eigenvalue weighted by atomic mass is 10.1. The molecule has 0 aliphatic rings. The monoisotopic (exact) mass is 542 g/mol. The molecule has 10 N–H and O–H groups in total. The molecule has 0 unspecified atom stereocenters. The van der Waals surface area contributed by atoms with Gasteiger partial charge in [-0.1, -0.05) is 30.3 Å². The minimum Gasteiger partial charge on any atom is -0.480 e. The highest BCUT2D eigenvalue weighted by atomic mass is 16.5. The van der Waals surface area contributed by atoms with Gasteiger partial charge in [0, 0.05) is 19.6 Å². The Morgan fingerprint density at radius 1 is 0.684 bits per heavy atom. The van der Waals surface area contributed by atoms with Crippen LogP contribution in [0.25, 0.3) is 0 Å². The number of rotatable bonds is 20. The molecular weight excluding hydrogens is 504 g/mol. The Morgan fingerprint density at radius 2 is 1.13 bits per heavy atom. The zero-order chi connectivity index (χ0) is 28.2. The maximum Gasteiger partial charge on any atom is 0.408 e. The van der Waals surface area contributed by atoms with Crippen molar-refractivity contribution in [1.29, 1.82) is 0 Å². The number of hydrogen-bond acceptors (Lipinski definition) is 11. The van der Waals surface area contributed by atoms with E-state index in [0.29, 0.717) is 6.42 Å². The first-order valence-electron chi connectivity index (χ1n) is 12.2. The van der Waals surface area contributed by atoms with Crippen molar-refractivity contribution in [2.45, 2.75) is 63.3 Å². The Balaban J connectivity index is 2.88. The highest BCUT2D eigenvalue weighted by Gasteiger charge is 2.29. The predicted octanol–water partition coefficient (Wildman–Crippen LogP) is -0.387. The molecule has 15 nitrogen and oxygen atoms in total. The van der Waals surface area contributed by atoms with Crippen LogP contribution >= 0.6 is 0 Å². The van der Waals surface area contributed by atoms with Crippen molar-refractivity contribution in [3.05, 3.63) is 35.9 Å². The molecular formula is C23H38N6O9. The van der Waals surface area contributed by atoms with Gasteiger partial charge in [0.2, 0.25) is 11.8 Å². The van der Waals surface area contributed by atoms with Crippen molar-refractivity contribution in [3.63, 3.8) is 0 Å². The zero-order valence-corrected chi connectivity index (χ0v) is 21.0. The van der Waals surface area contributed by atoms with Crippen LogP contribution in [-0.4, -0.2) is 82.4 Å². The highest BCUT2D eigenvalue weighted by molar-refractivity contribution is 5.92. The van der Waals surface area contributed by atoms with Gasteiger partial charge in [0.15, 0.2) is 0 Å². The SMILES string of the molecule is O=C(N[C@@H](CCCNO)C(=O)N[C@@H](CCCNO)C(=O)N[C@@H](CCCNO)C(=O)O)OCc1ccccc1. The van der Waals surface area contributed by atoms with E-state index in [1.165, 1.54) is 0 Å². The fraction of sp³-hybridized carbons (Fsp3) is 0.565. The largest absolute Gasteiger partial charge is 0.480 e. The minimum absolute atomic E-state index is 0.0269. The van der Waals surface area contributed by atoms with Crippen LogP contribution in [0.15, 0.2) is 30.3 Å². The van der Waals surface area contributed by atoms with Gasteiger partial charge in [-0.15, -0.1) is 0 Å². The lowest BCUT2D eigenvalue weighted by Gasteiger charge is -2.24. The van der Waals surface area contributed by atoms with Gasteiger partial charge in [-0.05, 0) is 44.1 Å². The minimum atomic E-state index is -1.28. The fourth-order valence-electron chi connectivity index (χ4n) is 3.40. The maximum atomic E-state index is 13.1. The first kappa shape index (κ1) is 32.7. The van der Waals surface area contributed by atoms with Crippen molar-refractivity contribution in [3.8, 4) is 0 Å². The van der Waals surface area contributed by atoms with E-state index in [2.05, 4.69) is 16.0 Å². The van der Waals surface area contributed by atoms with E-state index in [-0.39, 0.29) is 58.3 Å². The normalized spacial score (nSPS) is 13.1. The molecule has 1 rings (SSSR count). The number of amides is 3. The van der Waals surface area contributed by atoms with Gasteiger partial charge in [-0.3, -0.25) is 9.59 Å². The van der Waals surface area contributed by atoms with Crippen molar-refractivity contribution in [1.82, 2.24) is 32.4 Å². The summed E-state index contributed by atoms with van der Waals surface area (Å²) in [6.07, 6.45) is 0.122. The Labute approximate surface area is 220 Å². The molecule has 0 fully saturated rings. The lowest BCUT2D eigenvalue weighted by molar-refractivity contribution is -0.142. The average Bonchev–Trinajstić information content (AvgIpc) is 2.90. The Bertz CT molecular complexity index is 846. The summed E-state index contributed by atoms with van der Waals surface area (Å²) in [6, 6.07) is 5.35. The van der Waals surface area contributed by atoms with Crippen molar-refractivity contribution < 1.29 is 44.6 Å². The van der Waals surface area contributed by atoms with Crippen LogP contribution in [0.5, 0.6) is 0 Å². The van der Waals surface area contributed by atoms with E-state index in [4.69, 9.17) is 20.4 Å². The van der Waals surface area contributed by atoms with Gasteiger partial charge in [0.25, 0.3) is 0 Å². The van der Waals surface area contributed by atoms with E-state index < -0.39 is 42.0 Å². The molecule has 0 saturated heterocycles. The lowest BCUT2D eigenvalue weighted by Crippen LogP contribution is -2.56. The van der Waals surface area contributed by atoms with E-state index in [9.17, 15) is 24.3 Å². The molecule has 3 amide bonds. The summed E-state index contributed by atoms with van der Waals surface area (Å²) in [5.41, 5.74) is 6.56. The average molecular weight is 543 g/mol. The topological polar surface area (TPSA) is 231 Å². The predicted molar refractivity (Wildman–Crippen MR) is 132 cm³/mol. The summed E-state index contributed by atoms with van der Waals surface area (Å²) < 4.78 is 5.17. The quantitative estimate of drug-likeness (QED) is 0.0750. The number of benzene rings is 1. The van der Waals surface area contributed by atoms with Crippen LogP contribution in [0.3, 0.4) is 0 Å². The molecule has 0 radical (unpaired) electrons. The number of alkyl carbamates (subject to hydrolysis) is 1. The van der Waals surface area contributed by atoms with Gasteiger partial charge < -0.3 is 41.4 Å². The molecule has 38 heavy (non-hydrogen) atoms. The van der Waals surface area contributed by atoms with Crippen molar-refractivity contribution in [2.24, 2.45) is 0 Å². The first-order chi connectivity index (χ1) is 18.3. The van der Waals surface area contributed by atoms with Crippen LogP contribution in [0.2, 0.25) is 0 Å². The third-order valence-corrected chi connectivity index (χ3v) is 5.41. The molecule has 0 aliphatic carbocycles. The summed E-state index contributed by atoms with van der Waals surface area (Å²) in [4.78, 5) is 49.9. The van der Waals surface area contributed by atoms with Gasteiger partial charge >= 0.3 is 12.1 Å². The van der Waals surface area contributed by atoms with Gasteiger partial charge in [0.1, 0.15) is 24.7 Å². The molecule has 0 aromatic heterocycles.